The van der Waals surface area contributed by atoms with Crippen molar-refractivity contribution in [2.75, 3.05) is 19.5 Å². The number of methoxy groups -OCH3 is 1. The summed E-state index contributed by atoms with van der Waals surface area (Å²) in [5.74, 6) is 1.99. The highest BCUT2D eigenvalue weighted by Crippen LogP contribution is 2.41. The Balaban J connectivity index is 1.88. The molecule has 0 saturated carbocycles. The average Bonchev–Trinajstić information content (AvgIpc) is 2.60. The fourth-order valence-electron chi connectivity index (χ4n) is 3.04. The molecule has 6 heteroatoms. The molecule has 1 aromatic carbocycles. The number of fused-ring (bicyclic) bond motifs is 1. The van der Waals surface area contributed by atoms with Gasteiger partial charge < -0.3 is 20.1 Å². The summed E-state index contributed by atoms with van der Waals surface area (Å²) in [6.45, 7) is 4.03. The van der Waals surface area contributed by atoms with E-state index in [1.54, 1.807) is 32.5 Å². The van der Waals surface area contributed by atoms with E-state index in [0.717, 1.165) is 17.1 Å². The van der Waals surface area contributed by atoms with Gasteiger partial charge in [0.15, 0.2) is 0 Å². The van der Waals surface area contributed by atoms with Crippen LogP contribution in [0.25, 0.3) is 0 Å². The van der Waals surface area contributed by atoms with Crippen LogP contribution in [0.4, 0.5) is 5.82 Å². The number of hydrogen-bond acceptors (Lipinski definition) is 5. The SMILES string of the molecule is CNc1cc(C(=O)N[C@@H]2CC(C)(C)Oc3cc(OC)ccc32)ccn1. The number of benzene rings is 1. The van der Waals surface area contributed by atoms with Crippen molar-refractivity contribution in [1.82, 2.24) is 10.3 Å². The van der Waals surface area contributed by atoms with Gasteiger partial charge in [-0.1, -0.05) is 0 Å². The van der Waals surface area contributed by atoms with Crippen LogP contribution in [-0.2, 0) is 0 Å². The maximum absolute atomic E-state index is 12.7. The Labute approximate surface area is 147 Å². The average molecular weight is 341 g/mol. The van der Waals surface area contributed by atoms with Crippen LogP contribution in [0.15, 0.2) is 36.5 Å². The number of hydrogen-bond donors (Lipinski definition) is 2. The van der Waals surface area contributed by atoms with Gasteiger partial charge in [0.1, 0.15) is 22.9 Å². The lowest BCUT2D eigenvalue weighted by molar-refractivity contribution is 0.0617. The molecule has 0 unspecified atom stereocenters. The van der Waals surface area contributed by atoms with Gasteiger partial charge in [-0.25, -0.2) is 4.98 Å². The molecule has 0 fully saturated rings. The molecule has 132 valence electrons. The number of carbonyl (C=O) groups excluding carboxylic acids is 1. The fraction of sp³-hybridized carbons (Fsp3) is 0.368. The largest absolute Gasteiger partial charge is 0.497 e. The summed E-state index contributed by atoms with van der Waals surface area (Å²) in [7, 11) is 3.40. The van der Waals surface area contributed by atoms with E-state index in [4.69, 9.17) is 9.47 Å². The molecule has 0 spiro atoms. The third-order valence-electron chi connectivity index (χ3n) is 4.26. The van der Waals surface area contributed by atoms with Crippen molar-refractivity contribution in [2.24, 2.45) is 0 Å². The first-order chi connectivity index (χ1) is 11.9. The number of anilines is 1. The number of carbonyl (C=O) groups is 1. The Kier molecular flexibility index (Phi) is 4.53. The van der Waals surface area contributed by atoms with Gasteiger partial charge in [0.05, 0.1) is 13.2 Å². The molecule has 0 saturated heterocycles. The van der Waals surface area contributed by atoms with Gasteiger partial charge in [0.2, 0.25) is 0 Å². The van der Waals surface area contributed by atoms with Gasteiger partial charge in [0.25, 0.3) is 5.91 Å². The van der Waals surface area contributed by atoms with E-state index in [-0.39, 0.29) is 17.6 Å². The molecule has 1 aliphatic heterocycles. The molecule has 2 heterocycles. The smallest absolute Gasteiger partial charge is 0.251 e. The van der Waals surface area contributed by atoms with Gasteiger partial charge in [-0.05, 0) is 38.1 Å². The highest BCUT2D eigenvalue weighted by atomic mass is 16.5. The number of aromatic nitrogens is 1. The highest BCUT2D eigenvalue weighted by molar-refractivity contribution is 5.95. The molecular formula is C19H23N3O3. The van der Waals surface area contributed by atoms with E-state index in [1.165, 1.54) is 0 Å². The monoisotopic (exact) mass is 341 g/mol. The van der Waals surface area contributed by atoms with Gasteiger partial charge in [0, 0.05) is 36.9 Å². The second kappa shape index (κ2) is 6.63. The fourth-order valence-corrected chi connectivity index (χ4v) is 3.04. The summed E-state index contributed by atoms with van der Waals surface area (Å²) >= 11 is 0. The zero-order valence-corrected chi connectivity index (χ0v) is 14.9. The molecule has 1 aromatic heterocycles. The number of nitrogens with one attached hydrogen (secondary N) is 2. The zero-order valence-electron chi connectivity index (χ0n) is 14.9. The van der Waals surface area contributed by atoms with Gasteiger partial charge in [-0.15, -0.1) is 0 Å². The van der Waals surface area contributed by atoms with Crippen molar-refractivity contribution in [3.05, 3.63) is 47.7 Å². The van der Waals surface area contributed by atoms with E-state index in [2.05, 4.69) is 15.6 Å². The third kappa shape index (κ3) is 3.68. The number of pyridine rings is 1. The lowest BCUT2D eigenvalue weighted by Crippen LogP contribution is -2.41. The van der Waals surface area contributed by atoms with Crippen molar-refractivity contribution < 1.29 is 14.3 Å². The van der Waals surface area contributed by atoms with Crippen LogP contribution in [0.5, 0.6) is 11.5 Å². The second-order valence-electron chi connectivity index (χ2n) is 6.68. The lowest BCUT2D eigenvalue weighted by atomic mass is 9.89. The number of nitrogens with zero attached hydrogens (tertiary/aromatic N) is 1. The van der Waals surface area contributed by atoms with E-state index in [1.807, 2.05) is 32.0 Å². The van der Waals surface area contributed by atoms with E-state index in [9.17, 15) is 4.79 Å². The Morgan fingerprint density at radius 1 is 1.32 bits per heavy atom. The third-order valence-corrected chi connectivity index (χ3v) is 4.26. The summed E-state index contributed by atoms with van der Waals surface area (Å²) in [6, 6.07) is 8.99. The molecule has 0 radical (unpaired) electrons. The molecule has 6 nitrogen and oxygen atoms in total. The van der Waals surface area contributed by atoms with Crippen LogP contribution in [0.3, 0.4) is 0 Å². The summed E-state index contributed by atoms with van der Waals surface area (Å²) in [4.78, 5) is 16.8. The molecule has 1 aliphatic rings. The Hall–Kier alpha value is -2.76. The Bertz CT molecular complexity index is 789. The van der Waals surface area contributed by atoms with E-state index >= 15 is 0 Å². The molecule has 1 amide bonds. The molecule has 25 heavy (non-hydrogen) atoms. The van der Waals surface area contributed by atoms with Crippen LogP contribution in [0.2, 0.25) is 0 Å². The normalized spacial score (nSPS) is 17.8. The van der Waals surface area contributed by atoms with Crippen LogP contribution in [0.1, 0.15) is 42.2 Å². The highest BCUT2D eigenvalue weighted by Gasteiger charge is 2.35. The van der Waals surface area contributed by atoms with Crippen molar-refractivity contribution in [3.63, 3.8) is 0 Å². The summed E-state index contributed by atoms with van der Waals surface area (Å²) in [5, 5.41) is 6.06. The topological polar surface area (TPSA) is 72.5 Å². The van der Waals surface area contributed by atoms with Crippen LogP contribution < -0.4 is 20.1 Å². The summed E-state index contributed by atoms with van der Waals surface area (Å²) < 4.78 is 11.3. The van der Waals surface area contributed by atoms with Crippen molar-refractivity contribution in [1.29, 1.82) is 0 Å². The minimum Gasteiger partial charge on any atom is -0.497 e. The molecular weight excluding hydrogens is 318 g/mol. The molecule has 3 rings (SSSR count). The first-order valence-electron chi connectivity index (χ1n) is 8.23. The summed E-state index contributed by atoms with van der Waals surface area (Å²) in [6.07, 6.45) is 2.30. The molecule has 0 aliphatic carbocycles. The summed E-state index contributed by atoms with van der Waals surface area (Å²) in [5.41, 5.74) is 1.14. The number of ether oxygens (including phenoxy) is 2. The molecule has 1 atom stereocenters. The zero-order chi connectivity index (χ0) is 18.0. The minimum atomic E-state index is -0.383. The molecule has 2 aromatic rings. The maximum Gasteiger partial charge on any atom is 0.251 e. The Morgan fingerprint density at radius 3 is 2.84 bits per heavy atom. The second-order valence-corrected chi connectivity index (χ2v) is 6.68. The van der Waals surface area contributed by atoms with Crippen LogP contribution in [0, 0.1) is 0 Å². The van der Waals surface area contributed by atoms with Gasteiger partial charge >= 0.3 is 0 Å². The standard InChI is InChI=1S/C19H23N3O3/c1-19(2)11-15(14-6-5-13(24-4)10-16(14)25-19)22-18(23)12-7-8-21-17(9-12)20-3/h5-10,15H,11H2,1-4H3,(H,20,21)(H,22,23)/t15-/m1/s1. The van der Waals surface area contributed by atoms with Crippen molar-refractivity contribution in [3.8, 4) is 11.5 Å². The van der Waals surface area contributed by atoms with Gasteiger partial charge in [-0.2, -0.15) is 0 Å². The first kappa shape index (κ1) is 17.1. The first-order valence-corrected chi connectivity index (χ1v) is 8.23. The maximum atomic E-state index is 12.7. The minimum absolute atomic E-state index is 0.136. The van der Waals surface area contributed by atoms with Gasteiger partial charge in [-0.3, -0.25) is 4.79 Å². The quantitative estimate of drug-likeness (QED) is 0.894. The Morgan fingerprint density at radius 2 is 2.12 bits per heavy atom. The van der Waals surface area contributed by atoms with Crippen LogP contribution >= 0.6 is 0 Å². The lowest BCUT2D eigenvalue weighted by Gasteiger charge is -2.38. The number of amides is 1. The molecule has 0 bridgehead atoms. The predicted octanol–water partition coefficient (Wildman–Crippen LogP) is 3.16. The van der Waals surface area contributed by atoms with E-state index in [0.29, 0.717) is 17.8 Å². The van der Waals surface area contributed by atoms with E-state index < -0.39 is 0 Å². The van der Waals surface area contributed by atoms with Crippen molar-refractivity contribution in [2.45, 2.75) is 31.9 Å². The van der Waals surface area contributed by atoms with Crippen molar-refractivity contribution >= 4 is 11.7 Å². The predicted molar refractivity (Wildman–Crippen MR) is 96.3 cm³/mol. The molecule has 2 N–H and O–H groups in total. The van der Waals surface area contributed by atoms with Crippen LogP contribution in [-0.4, -0.2) is 30.6 Å². The number of rotatable bonds is 4.